The minimum Gasteiger partial charge on any atom is -0.500 e. The van der Waals surface area contributed by atoms with Crippen LogP contribution >= 0.6 is 0 Å². The van der Waals surface area contributed by atoms with Gasteiger partial charge in [-0.05, 0) is 6.92 Å². The molecule has 0 amide bonds. The number of hydrogen-bond donors (Lipinski definition) is 1. The maximum absolute atomic E-state index is 11.8. The highest BCUT2D eigenvalue weighted by atomic mass is 19.4. The van der Waals surface area contributed by atoms with Gasteiger partial charge in [-0.2, -0.15) is 13.2 Å². The number of alkyl halides is 3. The molecule has 4 nitrogen and oxygen atoms in total. The summed E-state index contributed by atoms with van der Waals surface area (Å²) in [6, 6.07) is 0. The van der Waals surface area contributed by atoms with Gasteiger partial charge in [-0.3, -0.25) is 4.79 Å². The Balaban J connectivity index is 4.86. The fourth-order valence-corrected chi connectivity index (χ4v) is 0.520. The molecule has 0 atom stereocenters. The number of carbonyl (C=O) groups excluding carboxylic acids is 1. The molecule has 0 fully saturated rings. The van der Waals surface area contributed by atoms with Crippen LogP contribution in [0.1, 0.15) is 6.92 Å². The number of carbonyl (C=O) groups is 2. The lowest BCUT2D eigenvalue weighted by Crippen LogP contribution is -2.28. The summed E-state index contributed by atoms with van der Waals surface area (Å²) in [5.41, 5.74) is -1.43. The molecule has 0 rings (SSSR count). The van der Waals surface area contributed by atoms with E-state index in [1.54, 1.807) is 0 Å². The Bertz CT molecular complexity index is 267. The molecule has 14 heavy (non-hydrogen) atoms. The first kappa shape index (κ1) is 12.5. The molecular weight excluding hydrogens is 205 g/mol. The van der Waals surface area contributed by atoms with Gasteiger partial charge in [-0.1, -0.05) is 0 Å². The Morgan fingerprint density at radius 3 is 2.21 bits per heavy atom. The number of aliphatic carboxylic acids is 1. The van der Waals surface area contributed by atoms with Crippen molar-refractivity contribution >= 4 is 11.8 Å². The van der Waals surface area contributed by atoms with E-state index in [4.69, 9.17) is 5.11 Å². The van der Waals surface area contributed by atoms with E-state index in [1.807, 2.05) is 0 Å². The normalized spacial score (nSPS) is 12.4. The third-order valence-electron chi connectivity index (χ3n) is 1.10. The second-order valence-corrected chi connectivity index (χ2v) is 2.12. The topological polar surface area (TPSA) is 63.6 Å². The number of Topliss-reactive ketones (excluding diaryl/α,β-unsaturated/α-hetero) is 1. The van der Waals surface area contributed by atoms with E-state index in [0.717, 1.165) is 0 Å². The second-order valence-electron chi connectivity index (χ2n) is 2.12. The van der Waals surface area contributed by atoms with Gasteiger partial charge < -0.3 is 9.84 Å². The van der Waals surface area contributed by atoms with Gasteiger partial charge in [0.05, 0.1) is 6.61 Å². The molecule has 0 aliphatic rings. The molecule has 0 aliphatic carbocycles. The molecule has 0 saturated heterocycles. The molecule has 1 N–H and O–H groups in total. The first-order valence-electron chi connectivity index (χ1n) is 3.47. The molecular formula is C7H7F3O4. The van der Waals surface area contributed by atoms with Gasteiger partial charge in [0.15, 0.2) is 0 Å². The average molecular weight is 212 g/mol. The quantitative estimate of drug-likeness (QED) is 0.328. The fourth-order valence-electron chi connectivity index (χ4n) is 0.520. The Hall–Kier alpha value is -1.53. The van der Waals surface area contributed by atoms with Gasteiger partial charge in [0.1, 0.15) is 11.8 Å². The van der Waals surface area contributed by atoms with Crippen molar-refractivity contribution in [2.24, 2.45) is 0 Å². The summed E-state index contributed by atoms with van der Waals surface area (Å²) in [5, 5.41) is 8.26. The third kappa shape index (κ3) is 3.46. The smallest absolute Gasteiger partial charge is 0.455 e. The lowest BCUT2D eigenvalue weighted by Gasteiger charge is -2.05. The molecule has 0 radical (unpaired) electrons. The number of carboxylic acids is 1. The van der Waals surface area contributed by atoms with Crippen molar-refractivity contribution in [3.05, 3.63) is 11.8 Å². The van der Waals surface area contributed by atoms with Crippen LogP contribution in [0, 0.1) is 0 Å². The van der Waals surface area contributed by atoms with Crippen LogP contribution in [0.15, 0.2) is 11.8 Å². The highest BCUT2D eigenvalue weighted by Crippen LogP contribution is 2.20. The molecule has 0 aromatic heterocycles. The molecule has 0 aromatic rings. The summed E-state index contributed by atoms with van der Waals surface area (Å²) in [5.74, 6) is -4.40. The molecule has 0 bridgehead atoms. The number of halogens is 3. The SMILES string of the molecule is CCO/C=C(/C(=O)O)C(=O)C(F)(F)F. The van der Waals surface area contributed by atoms with Crippen molar-refractivity contribution in [1.29, 1.82) is 0 Å². The highest BCUT2D eigenvalue weighted by Gasteiger charge is 2.43. The Labute approximate surface area is 77.0 Å². The standard InChI is InChI=1S/C7H7F3O4/c1-2-14-3-4(6(12)13)5(11)7(8,9)10/h3H,2H2,1H3,(H,12,13)/b4-3+. The summed E-state index contributed by atoms with van der Waals surface area (Å²) in [6.07, 6.45) is -4.92. The van der Waals surface area contributed by atoms with E-state index in [2.05, 4.69) is 4.74 Å². The minimum absolute atomic E-state index is 0.0259. The van der Waals surface area contributed by atoms with Gasteiger partial charge in [0.2, 0.25) is 0 Å². The monoisotopic (exact) mass is 212 g/mol. The van der Waals surface area contributed by atoms with Gasteiger partial charge >= 0.3 is 12.1 Å². The van der Waals surface area contributed by atoms with E-state index in [0.29, 0.717) is 0 Å². The molecule has 0 aromatic carbocycles. The molecule has 0 heterocycles. The molecule has 7 heteroatoms. The maximum Gasteiger partial charge on any atom is 0.455 e. The minimum atomic E-state index is -5.21. The van der Waals surface area contributed by atoms with Crippen molar-refractivity contribution in [1.82, 2.24) is 0 Å². The van der Waals surface area contributed by atoms with Crippen molar-refractivity contribution < 1.29 is 32.6 Å². The summed E-state index contributed by atoms with van der Waals surface area (Å²) in [4.78, 5) is 20.7. The lowest BCUT2D eigenvalue weighted by atomic mass is 10.2. The van der Waals surface area contributed by atoms with Crippen LogP contribution < -0.4 is 0 Å². The van der Waals surface area contributed by atoms with E-state index in [1.165, 1.54) is 6.92 Å². The predicted molar refractivity (Wildman–Crippen MR) is 38.4 cm³/mol. The van der Waals surface area contributed by atoms with Crippen LogP contribution in [-0.4, -0.2) is 29.6 Å². The average Bonchev–Trinajstić information content (AvgIpc) is 2.02. The number of hydrogen-bond acceptors (Lipinski definition) is 3. The van der Waals surface area contributed by atoms with E-state index >= 15 is 0 Å². The van der Waals surface area contributed by atoms with Crippen LogP contribution in [0.25, 0.3) is 0 Å². The number of carboxylic acid groups (broad SMARTS) is 1. The van der Waals surface area contributed by atoms with E-state index in [9.17, 15) is 22.8 Å². The number of ketones is 1. The van der Waals surface area contributed by atoms with Crippen LogP contribution in [0.3, 0.4) is 0 Å². The third-order valence-corrected chi connectivity index (χ3v) is 1.10. The first-order valence-corrected chi connectivity index (χ1v) is 3.47. The van der Waals surface area contributed by atoms with E-state index in [-0.39, 0.29) is 12.9 Å². The zero-order valence-corrected chi connectivity index (χ0v) is 7.09. The molecule has 0 unspecified atom stereocenters. The largest absolute Gasteiger partial charge is 0.500 e. The zero-order chi connectivity index (χ0) is 11.4. The van der Waals surface area contributed by atoms with Gasteiger partial charge in [0.25, 0.3) is 5.78 Å². The van der Waals surface area contributed by atoms with Gasteiger partial charge in [-0.25, -0.2) is 4.79 Å². The zero-order valence-electron chi connectivity index (χ0n) is 7.09. The van der Waals surface area contributed by atoms with Crippen molar-refractivity contribution in [2.45, 2.75) is 13.1 Å². The molecule has 0 saturated carbocycles. The lowest BCUT2D eigenvalue weighted by molar-refractivity contribution is -0.168. The van der Waals surface area contributed by atoms with E-state index < -0.39 is 23.5 Å². The van der Waals surface area contributed by atoms with Crippen molar-refractivity contribution in [2.75, 3.05) is 6.61 Å². The Kier molecular flexibility index (Phi) is 4.13. The summed E-state index contributed by atoms with van der Waals surface area (Å²) in [6.45, 7) is 1.41. The second kappa shape index (κ2) is 4.64. The summed E-state index contributed by atoms with van der Waals surface area (Å²) >= 11 is 0. The van der Waals surface area contributed by atoms with Gasteiger partial charge in [-0.15, -0.1) is 0 Å². The predicted octanol–water partition coefficient (Wildman–Crippen LogP) is 1.12. The fraction of sp³-hybridized carbons (Fsp3) is 0.429. The van der Waals surface area contributed by atoms with Crippen molar-refractivity contribution in [3.63, 3.8) is 0 Å². The molecule has 0 spiro atoms. The Morgan fingerprint density at radius 2 is 1.93 bits per heavy atom. The van der Waals surface area contributed by atoms with Crippen molar-refractivity contribution in [3.8, 4) is 0 Å². The van der Waals surface area contributed by atoms with Crippen LogP contribution in [0.4, 0.5) is 13.2 Å². The summed E-state index contributed by atoms with van der Waals surface area (Å²) in [7, 11) is 0. The molecule has 0 aliphatic heterocycles. The Morgan fingerprint density at radius 1 is 1.43 bits per heavy atom. The first-order chi connectivity index (χ1) is 6.30. The maximum atomic E-state index is 11.8. The summed E-state index contributed by atoms with van der Waals surface area (Å²) < 4.78 is 39.6. The van der Waals surface area contributed by atoms with Crippen LogP contribution in [0.2, 0.25) is 0 Å². The van der Waals surface area contributed by atoms with Crippen LogP contribution in [-0.2, 0) is 14.3 Å². The number of rotatable bonds is 4. The van der Waals surface area contributed by atoms with Gasteiger partial charge in [0, 0.05) is 0 Å². The van der Waals surface area contributed by atoms with Crippen LogP contribution in [0.5, 0.6) is 0 Å². The molecule has 80 valence electrons. The highest BCUT2D eigenvalue weighted by molar-refractivity contribution is 6.18. The number of ether oxygens (including phenoxy) is 1.